The van der Waals surface area contributed by atoms with Gasteiger partial charge >= 0.3 is 0 Å². The van der Waals surface area contributed by atoms with Crippen molar-refractivity contribution in [2.24, 2.45) is 17.1 Å². The third kappa shape index (κ3) is 2.94. The highest BCUT2D eigenvalue weighted by Crippen LogP contribution is 2.42. The van der Waals surface area contributed by atoms with Gasteiger partial charge in [0, 0.05) is 6.04 Å². The summed E-state index contributed by atoms with van der Waals surface area (Å²) in [5.41, 5.74) is 9.04. The maximum absolute atomic E-state index is 6.08. The summed E-state index contributed by atoms with van der Waals surface area (Å²) in [5.74, 6) is 0.510. The number of allylic oxidation sites excluding steroid dienone is 2. The first-order valence-corrected chi connectivity index (χ1v) is 6.00. The van der Waals surface area contributed by atoms with E-state index in [0.29, 0.717) is 5.92 Å². The molecule has 1 aliphatic rings. The lowest BCUT2D eigenvalue weighted by atomic mass is 9.71. The summed E-state index contributed by atoms with van der Waals surface area (Å²) >= 11 is 0. The molecule has 0 radical (unpaired) electrons. The van der Waals surface area contributed by atoms with Gasteiger partial charge in [-0.25, -0.2) is 0 Å². The fourth-order valence-electron chi connectivity index (χ4n) is 2.07. The van der Waals surface area contributed by atoms with Crippen molar-refractivity contribution in [2.75, 3.05) is 0 Å². The molecule has 0 aromatic rings. The molecular weight excluding hydrogens is 182 g/mol. The van der Waals surface area contributed by atoms with Crippen LogP contribution >= 0.6 is 0 Å². The first-order valence-electron chi connectivity index (χ1n) is 6.00. The van der Waals surface area contributed by atoms with E-state index in [1.807, 2.05) is 0 Å². The number of rotatable bonds is 2. The van der Waals surface area contributed by atoms with Gasteiger partial charge in [-0.05, 0) is 41.7 Å². The Labute approximate surface area is 94.4 Å². The van der Waals surface area contributed by atoms with Gasteiger partial charge in [0.05, 0.1) is 0 Å². The maximum Gasteiger partial charge on any atom is 0.0252 e. The highest BCUT2D eigenvalue weighted by Gasteiger charge is 2.28. The van der Waals surface area contributed by atoms with Crippen LogP contribution in [-0.2, 0) is 0 Å². The molecule has 0 saturated heterocycles. The van der Waals surface area contributed by atoms with E-state index in [0.717, 1.165) is 6.42 Å². The predicted molar refractivity (Wildman–Crippen MR) is 67.7 cm³/mol. The van der Waals surface area contributed by atoms with Crippen molar-refractivity contribution in [1.29, 1.82) is 0 Å². The van der Waals surface area contributed by atoms with Gasteiger partial charge in [-0.2, -0.15) is 0 Å². The monoisotopic (exact) mass is 207 g/mol. The van der Waals surface area contributed by atoms with Crippen molar-refractivity contribution in [3.05, 3.63) is 23.8 Å². The van der Waals surface area contributed by atoms with Crippen molar-refractivity contribution in [3.63, 3.8) is 0 Å². The summed E-state index contributed by atoms with van der Waals surface area (Å²) in [5, 5.41) is 0. The van der Waals surface area contributed by atoms with Gasteiger partial charge < -0.3 is 5.73 Å². The molecule has 1 aliphatic carbocycles. The van der Waals surface area contributed by atoms with Gasteiger partial charge in [-0.3, -0.25) is 0 Å². The average Bonchev–Trinajstić information content (AvgIpc) is 2.12. The van der Waals surface area contributed by atoms with E-state index < -0.39 is 0 Å². The van der Waals surface area contributed by atoms with Crippen LogP contribution in [0.4, 0.5) is 0 Å². The molecule has 0 spiro atoms. The van der Waals surface area contributed by atoms with Gasteiger partial charge in [-0.15, -0.1) is 0 Å². The van der Waals surface area contributed by atoms with E-state index in [9.17, 15) is 0 Å². The number of nitrogens with two attached hydrogens (primary N) is 1. The lowest BCUT2D eigenvalue weighted by Gasteiger charge is -2.34. The second-order valence-electron chi connectivity index (χ2n) is 5.73. The minimum absolute atomic E-state index is 0.172. The molecule has 0 heterocycles. The molecule has 1 saturated carbocycles. The lowest BCUT2D eigenvalue weighted by molar-refractivity contribution is 0.370. The second-order valence-corrected chi connectivity index (χ2v) is 5.73. The summed E-state index contributed by atoms with van der Waals surface area (Å²) in [6.45, 7) is 13.1. The summed E-state index contributed by atoms with van der Waals surface area (Å²) in [6, 6.07) is 0.172. The van der Waals surface area contributed by atoms with Crippen molar-refractivity contribution >= 4 is 0 Å². The van der Waals surface area contributed by atoms with E-state index in [4.69, 9.17) is 5.73 Å². The van der Waals surface area contributed by atoms with E-state index >= 15 is 0 Å². The van der Waals surface area contributed by atoms with Crippen LogP contribution in [0.1, 0.15) is 47.0 Å². The van der Waals surface area contributed by atoms with Crippen molar-refractivity contribution in [2.45, 2.75) is 53.0 Å². The smallest absolute Gasteiger partial charge is 0.0252 e. The second kappa shape index (κ2) is 4.52. The molecule has 2 N–H and O–H groups in total. The molecule has 1 rings (SSSR count). The largest absolute Gasteiger partial charge is 0.324 e. The normalized spacial score (nSPS) is 26.0. The van der Waals surface area contributed by atoms with Crippen LogP contribution in [0.25, 0.3) is 0 Å². The average molecular weight is 207 g/mol. The first-order chi connectivity index (χ1) is 6.84. The minimum Gasteiger partial charge on any atom is -0.324 e. The molecule has 1 unspecified atom stereocenters. The Hall–Kier alpha value is -0.560. The Morgan fingerprint density at radius 2 is 2.00 bits per heavy atom. The van der Waals surface area contributed by atoms with Crippen LogP contribution in [0.15, 0.2) is 23.8 Å². The zero-order valence-corrected chi connectivity index (χ0v) is 10.6. The maximum atomic E-state index is 6.08. The molecule has 1 atom stereocenters. The molecule has 1 nitrogen and oxygen atoms in total. The Morgan fingerprint density at radius 1 is 1.40 bits per heavy atom. The molecule has 0 aliphatic heterocycles. The molecule has 86 valence electrons. The van der Waals surface area contributed by atoms with Gasteiger partial charge in [-0.1, -0.05) is 40.3 Å². The van der Waals surface area contributed by atoms with Crippen LogP contribution in [0, 0.1) is 11.3 Å². The third-order valence-corrected chi connectivity index (χ3v) is 3.62. The summed E-state index contributed by atoms with van der Waals surface area (Å²) in [4.78, 5) is 0. The van der Waals surface area contributed by atoms with Crippen molar-refractivity contribution < 1.29 is 0 Å². The lowest BCUT2D eigenvalue weighted by Crippen LogP contribution is -2.27. The highest BCUT2D eigenvalue weighted by atomic mass is 14.6. The Balaban J connectivity index is 2.82. The predicted octanol–water partition coefficient (Wildman–Crippen LogP) is 3.66. The quantitative estimate of drug-likeness (QED) is 0.734. The van der Waals surface area contributed by atoms with Crippen LogP contribution in [0.3, 0.4) is 0 Å². The van der Waals surface area contributed by atoms with Crippen LogP contribution < -0.4 is 5.73 Å². The van der Waals surface area contributed by atoms with Gasteiger partial charge in [0.1, 0.15) is 0 Å². The van der Waals surface area contributed by atoms with E-state index in [1.54, 1.807) is 0 Å². The molecule has 0 amide bonds. The van der Waals surface area contributed by atoms with Crippen LogP contribution in [-0.4, -0.2) is 6.04 Å². The highest BCUT2D eigenvalue weighted by molar-refractivity contribution is 5.36. The molecule has 15 heavy (non-hydrogen) atoms. The zero-order valence-electron chi connectivity index (χ0n) is 10.6. The number of hydrogen-bond donors (Lipinski definition) is 1. The fourth-order valence-corrected chi connectivity index (χ4v) is 2.07. The Morgan fingerprint density at radius 3 is 2.53 bits per heavy atom. The third-order valence-electron chi connectivity index (χ3n) is 3.62. The van der Waals surface area contributed by atoms with Crippen molar-refractivity contribution in [1.82, 2.24) is 0 Å². The summed E-state index contributed by atoms with van der Waals surface area (Å²) in [6.07, 6.45) is 5.90. The molecule has 0 aromatic heterocycles. The van der Waals surface area contributed by atoms with Crippen LogP contribution in [0.5, 0.6) is 0 Å². The molecule has 1 heteroatoms. The fraction of sp³-hybridized carbons (Fsp3) is 0.714. The van der Waals surface area contributed by atoms with E-state index in [-0.39, 0.29) is 11.5 Å². The SMILES string of the molecule is C=C1/C(=C\C(N)C(C)C)CCCC1(C)C. The van der Waals surface area contributed by atoms with Crippen molar-refractivity contribution in [3.8, 4) is 0 Å². The molecule has 0 bridgehead atoms. The minimum atomic E-state index is 0.172. The molecule has 1 fully saturated rings. The standard InChI is InChI=1S/C14H25N/c1-10(2)13(15)9-12-7-6-8-14(4,5)11(12)3/h9-10,13H,3,6-8,15H2,1-2,4-5H3/b12-9-. The number of hydrogen-bond acceptors (Lipinski definition) is 1. The summed E-state index contributed by atoms with van der Waals surface area (Å²) in [7, 11) is 0. The van der Waals surface area contributed by atoms with Gasteiger partial charge in [0.25, 0.3) is 0 Å². The van der Waals surface area contributed by atoms with E-state index in [2.05, 4.69) is 40.3 Å². The summed E-state index contributed by atoms with van der Waals surface area (Å²) < 4.78 is 0. The Kier molecular flexibility index (Phi) is 3.77. The first kappa shape index (κ1) is 12.5. The van der Waals surface area contributed by atoms with Gasteiger partial charge in [0.2, 0.25) is 0 Å². The van der Waals surface area contributed by atoms with E-state index in [1.165, 1.54) is 24.0 Å². The molecule has 0 aromatic carbocycles. The zero-order chi connectivity index (χ0) is 11.6. The molecular formula is C14H25N. The van der Waals surface area contributed by atoms with Crippen LogP contribution in [0.2, 0.25) is 0 Å². The Bertz CT molecular complexity index is 271. The topological polar surface area (TPSA) is 26.0 Å². The van der Waals surface area contributed by atoms with Gasteiger partial charge in [0.15, 0.2) is 0 Å².